The summed E-state index contributed by atoms with van der Waals surface area (Å²) in [6.45, 7) is 0. The van der Waals surface area contributed by atoms with E-state index in [9.17, 15) is 4.79 Å². The molecule has 0 fully saturated rings. The fraction of sp³-hybridized carbons (Fsp3) is 0. The average Bonchev–Trinajstić information content (AvgIpc) is 2.97. The van der Waals surface area contributed by atoms with E-state index in [0.29, 0.717) is 26.2 Å². The summed E-state index contributed by atoms with van der Waals surface area (Å²) in [5, 5.41) is 2.69. The van der Waals surface area contributed by atoms with Gasteiger partial charge in [0.15, 0.2) is 11.5 Å². The maximum atomic E-state index is 11.9. The van der Waals surface area contributed by atoms with Crippen LogP contribution < -0.4 is 5.32 Å². The van der Waals surface area contributed by atoms with Crippen molar-refractivity contribution in [2.24, 2.45) is 0 Å². The highest BCUT2D eigenvalue weighted by Gasteiger charge is 2.12. The van der Waals surface area contributed by atoms with Crippen molar-refractivity contribution in [2.45, 2.75) is 0 Å². The van der Waals surface area contributed by atoms with Crippen molar-refractivity contribution in [3.8, 4) is 0 Å². The summed E-state index contributed by atoms with van der Waals surface area (Å²) in [4.78, 5) is 27.3. The number of hydrogen-bond acceptors (Lipinski definition) is 5. The molecule has 0 saturated heterocycles. The van der Waals surface area contributed by atoms with Gasteiger partial charge in [-0.1, -0.05) is 11.6 Å². The van der Waals surface area contributed by atoms with Gasteiger partial charge in [-0.15, -0.1) is 11.3 Å². The molecule has 0 saturated carbocycles. The van der Waals surface area contributed by atoms with Crippen molar-refractivity contribution < 1.29 is 4.79 Å². The van der Waals surface area contributed by atoms with E-state index in [1.54, 1.807) is 12.1 Å². The van der Waals surface area contributed by atoms with Crippen molar-refractivity contribution in [3.63, 3.8) is 0 Å². The first kappa shape index (κ1) is 11.1. The summed E-state index contributed by atoms with van der Waals surface area (Å²) in [6.07, 6.45) is 2.84. The number of imidazole rings is 1. The van der Waals surface area contributed by atoms with Crippen LogP contribution in [0, 0.1) is 0 Å². The van der Waals surface area contributed by atoms with Crippen LogP contribution in [0.4, 0.5) is 5.82 Å². The standard InChI is InChI=1S/C10H6ClN5OS/c11-6-2-1-5(18-6)10(17)16-9-7-8(13-3-12-7)14-4-15-9/h1-4H,(H2,12,13,14,15,16,17). The number of amides is 1. The largest absolute Gasteiger partial charge is 0.340 e. The molecule has 0 spiro atoms. The molecule has 2 N–H and O–H groups in total. The van der Waals surface area contributed by atoms with E-state index in [1.165, 1.54) is 24.0 Å². The second kappa shape index (κ2) is 4.35. The minimum atomic E-state index is -0.262. The number of nitrogens with zero attached hydrogens (tertiary/aromatic N) is 3. The Labute approximate surface area is 110 Å². The van der Waals surface area contributed by atoms with Crippen LogP contribution in [0.3, 0.4) is 0 Å². The number of thiophene rings is 1. The summed E-state index contributed by atoms with van der Waals surface area (Å²) in [6, 6.07) is 3.33. The summed E-state index contributed by atoms with van der Waals surface area (Å²) in [5.41, 5.74) is 1.10. The van der Waals surface area contributed by atoms with E-state index in [1.807, 2.05) is 0 Å². The number of hydrogen-bond donors (Lipinski definition) is 2. The van der Waals surface area contributed by atoms with Crippen LogP contribution in [0.1, 0.15) is 9.67 Å². The van der Waals surface area contributed by atoms with Gasteiger partial charge in [0.2, 0.25) is 0 Å². The molecular formula is C10H6ClN5OS. The van der Waals surface area contributed by atoms with Crippen molar-refractivity contribution in [2.75, 3.05) is 5.32 Å². The highest BCUT2D eigenvalue weighted by molar-refractivity contribution is 7.18. The molecular weight excluding hydrogens is 274 g/mol. The van der Waals surface area contributed by atoms with Crippen molar-refractivity contribution in [1.82, 2.24) is 19.9 Å². The summed E-state index contributed by atoms with van der Waals surface area (Å²) >= 11 is 6.99. The number of fused-ring (bicyclic) bond motifs is 1. The first-order chi connectivity index (χ1) is 8.74. The highest BCUT2D eigenvalue weighted by atomic mass is 35.5. The number of carbonyl (C=O) groups excluding carboxylic acids is 1. The van der Waals surface area contributed by atoms with Crippen LogP contribution in [0.2, 0.25) is 4.34 Å². The number of halogens is 1. The van der Waals surface area contributed by atoms with E-state index >= 15 is 0 Å². The maximum absolute atomic E-state index is 11.9. The lowest BCUT2D eigenvalue weighted by Crippen LogP contribution is -2.11. The third-order valence-corrected chi connectivity index (χ3v) is 3.48. The van der Waals surface area contributed by atoms with E-state index in [-0.39, 0.29) is 5.91 Å². The van der Waals surface area contributed by atoms with Crippen molar-refractivity contribution in [1.29, 1.82) is 0 Å². The molecule has 0 aliphatic carbocycles. The van der Waals surface area contributed by atoms with Gasteiger partial charge in [-0.05, 0) is 12.1 Å². The van der Waals surface area contributed by atoms with Crippen LogP contribution >= 0.6 is 22.9 Å². The van der Waals surface area contributed by atoms with Gasteiger partial charge < -0.3 is 10.3 Å². The summed E-state index contributed by atoms with van der Waals surface area (Å²) in [7, 11) is 0. The third kappa shape index (κ3) is 1.93. The molecule has 8 heteroatoms. The van der Waals surface area contributed by atoms with Gasteiger partial charge in [0.25, 0.3) is 5.91 Å². The monoisotopic (exact) mass is 279 g/mol. The Morgan fingerprint density at radius 3 is 3.00 bits per heavy atom. The first-order valence-corrected chi connectivity index (χ1v) is 6.14. The number of nitrogens with one attached hydrogen (secondary N) is 2. The molecule has 18 heavy (non-hydrogen) atoms. The van der Waals surface area contributed by atoms with Crippen LogP contribution in [-0.4, -0.2) is 25.8 Å². The van der Waals surface area contributed by atoms with Gasteiger partial charge >= 0.3 is 0 Å². The Hall–Kier alpha value is -1.99. The quantitative estimate of drug-likeness (QED) is 0.754. The van der Waals surface area contributed by atoms with Crippen LogP contribution in [-0.2, 0) is 0 Å². The smallest absolute Gasteiger partial charge is 0.266 e. The molecule has 0 aliphatic heterocycles. The zero-order valence-electron chi connectivity index (χ0n) is 8.85. The van der Waals surface area contributed by atoms with Crippen molar-refractivity contribution >= 4 is 45.8 Å². The Bertz CT molecular complexity index is 722. The van der Waals surface area contributed by atoms with Crippen LogP contribution in [0.15, 0.2) is 24.8 Å². The minimum absolute atomic E-state index is 0.262. The van der Waals surface area contributed by atoms with Crippen LogP contribution in [0.5, 0.6) is 0 Å². The zero-order chi connectivity index (χ0) is 12.5. The minimum Gasteiger partial charge on any atom is -0.340 e. The van der Waals surface area contributed by atoms with Crippen molar-refractivity contribution in [3.05, 3.63) is 34.0 Å². The molecule has 1 amide bonds. The van der Waals surface area contributed by atoms with Gasteiger partial charge in [-0.3, -0.25) is 4.79 Å². The lowest BCUT2D eigenvalue weighted by Gasteiger charge is -2.02. The molecule has 3 aromatic rings. The topological polar surface area (TPSA) is 83.6 Å². The third-order valence-electron chi connectivity index (χ3n) is 2.25. The Kier molecular flexibility index (Phi) is 2.69. The van der Waals surface area contributed by atoms with Gasteiger partial charge in [-0.2, -0.15) is 0 Å². The number of aromatic nitrogens is 4. The van der Waals surface area contributed by atoms with E-state index < -0.39 is 0 Å². The van der Waals surface area contributed by atoms with E-state index in [0.717, 1.165) is 0 Å². The lowest BCUT2D eigenvalue weighted by atomic mass is 10.4. The predicted molar refractivity (Wildman–Crippen MR) is 69.0 cm³/mol. The Morgan fingerprint density at radius 1 is 1.33 bits per heavy atom. The fourth-order valence-electron chi connectivity index (χ4n) is 1.47. The molecule has 3 aromatic heterocycles. The van der Waals surface area contributed by atoms with Crippen LogP contribution in [0.25, 0.3) is 11.2 Å². The number of aromatic amines is 1. The van der Waals surface area contributed by atoms with E-state index in [2.05, 4.69) is 25.3 Å². The molecule has 0 aromatic carbocycles. The SMILES string of the molecule is O=C(Nc1ncnc2nc[nH]c12)c1ccc(Cl)s1. The second-order valence-electron chi connectivity index (χ2n) is 3.38. The fourth-order valence-corrected chi connectivity index (χ4v) is 2.40. The van der Waals surface area contributed by atoms with E-state index in [4.69, 9.17) is 11.6 Å². The highest BCUT2D eigenvalue weighted by Crippen LogP contribution is 2.23. The van der Waals surface area contributed by atoms with Gasteiger partial charge in [0.1, 0.15) is 11.8 Å². The van der Waals surface area contributed by atoms with Gasteiger partial charge in [-0.25, -0.2) is 15.0 Å². The first-order valence-electron chi connectivity index (χ1n) is 4.95. The molecule has 0 unspecified atom stereocenters. The molecule has 3 rings (SSSR count). The average molecular weight is 280 g/mol. The number of rotatable bonds is 2. The molecule has 6 nitrogen and oxygen atoms in total. The number of H-pyrrole nitrogens is 1. The predicted octanol–water partition coefficient (Wildman–Crippen LogP) is 2.32. The summed E-state index contributed by atoms with van der Waals surface area (Å²) < 4.78 is 0.564. The molecule has 90 valence electrons. The molecule has 3 heterocycles. The normalized spacial score (nSPS) is 10.7. The molecule has 0 bridgehead atoms. The molecule has 0 radical (unpaired) electrons. The molecule has 0 aliphatic rings. The zero-order valence-corrected chi connectivity index (χ0v) is 10.4. The van der Waals surface area contributed by atoms with Gasteiger partial charge in [0.05, 0.1) is 15.5 Å². The Balaban J connectivity index is 1.92. The Morgan fingerprint density at radius 2 is 2.22 bits per heavy atom. The lowest BCUT2D eigenvalue weighted by molar-refractivity contribution is 0.103. The summed E-state index contributed by atoms with van der Waals surface area (Å²) in [5.74, 6) is 0.133. The maximum Gasteiger partial charge on any atom is 0.266 e. The van der Waals surface area contributed by atoms with Gasteiger partial charge in [0, 0.05) is 0 Å². The second-order valence-corrected chi connectivity index (χ2v) is 5.10. The molecule has 0 atom stereocenters. The number of anilines is 1. The number of carbonyl (C=O) groups is 1.